The van der Waals surface area contributed by atoms with E-state index in [2.05, 4.69) is 15.2 Å². The van der Waals surface area contributed by atoms with Crippen LogP contribution in [0.1, 0.15) is 28.6 Å². The van der Waals surface area contributed by atoms with Crippen molar-refractivity contribution in [3.63, 3.8) is 0 Å². The number of aliphatic hydroxyl groups is 1. The number of imidazole rings is 1. The second-order valence-corrected chi connectivity index (χ2v) is 11.5. The van der Waals surface area contributed by atoms with Crippen LogP contribution in [0.25, 0.3) is 11.4 Å². The van der Waals surface area contributed by atoms with Crippen LogP contribution >= 0.6 is 34.7 Å². The molecule has 6 rings (SSSR count). The molecule has 1 aliphatic heterocycles. The largest absolute Gasteiger partial charge is 0.505 e. The number of nitrogens with zero attached hydrogens (tertiary/aromatic N) is 5. The van der Waals surface area contributed by atoms with Crippen LogP contribution in [0.4, 0.5) is 9.52 Å². The van der Waals surface area contributed by atoms with Crippen LogP contribution in [-0.4, -0.2) is 36.4 Å². The zero-order chi connectivity index (χ0) is 28.0. The van der Waals surface area contributed by atoms with E-state index in [9.17, 15) is 19.1 Å². The molecular weight excluding hydrogens is 573 g/mol. The molecule has 1 saturated heterocycles. The molecule has 0 aliphatic carbocycles. The summed E-state index contributed by atoms with van der Waals surface area (Å²) in [6.45, 7) is 1.72. The lowest BCUT2D eigenvalue weighted by Gasteiger charge is -2.22. The van der Waals surface area contributed by atoms with Gasteiger partial charge in [0.1, 0.15) is 17.2 Å². The number of anilines is 1. The van der Waals surface area contributed by atoms with Crippen LogP contribution in [0.5, 0.6) is 0 Å². The third-order valence-electron chi connectivity index (χ3n) is 6.45. The lowest BCUT2D eigenvalue weighted by molar-refractivity contribution is -0.132. The number of aliphatic hydroxyl groups excluding tert-OH is 1. The summed E-state index contributed by atoms with van der Waals surface area (Å²) >= 11 is 8.66. The molecule has 0 saturated carbocycles. The van der Waals surface area contributed by atoms with E-state index in [4.69, 9.17) is 11.6 Å². The topological polar surface area (TPSA) is 101 Å². The molecule has 1 aliphatic rings. The van der Waals surface area contributed by atoms with Crippen LogP contribution < -0.4 is 4.90 Å². The summed E-state index contributed by atoms with van der Waals surface area (Å²) in [5.41, 5.74) is 2.27. The fourth-order valence-corrected chi connectivity index (χ4v) is 6.71. The fraction of sp³-hybridized carbons (Fsp3) is 0.107. The van der Waals surface area contributed by atoms with Crippen LogP contribution in [0, 0.1) is 12.7 Å². The van der Waals surface area contributed by atoms with Gasteiger partial charge in [-0.15, -0.1) is 10.2 Å². The van der Waals surface area contributed by atoms with E-state index in [1.54, 1.807) is 72.1 Å². The number of hydrogen-bond donors (Lipinski definition) is 1. The van der Waals surface area contributed by atoms with Crippen molar-refractivity contribution in [1.82, 2.24) is 19.6 Å². The van der Waals surface area contributed by atoms with Gasteiger partial charge in [0.05, 0.1) is 17.3 Å². The van der Waals surface area contributed by atoms with E-state index in [1.807, 2.05) is 6.07 Å². The Labute approximate surface area is 240 Å². The Kier molecular flexibility index (Phi) is 6.87. The number of amides is 1. The van der Waals surface area contributed by atoms with Crippen LogP contribution in [0.15, 0.2) is 82.8 Å². The first-order valence-electron chi connectivity index (χ1n) is 12.0. The molecule has 1 amide bonds. The molecule has 12 heteroatoms. The maximum atomic E-state index is 14.1. The molecule has 0 radical (unpaired) electrons. The number of rotatable bonds is 6. The summed E-state index contributed by atoms with van der Waals surface area (Å²) in [4.78, 5) is 32.7. The summed E-state index contributed by atoms with van der Waals surface area (Å²) in [5, 5.41) is 20.5. The van der Waals surface area contributed by atoms with E-state index >= 15 is 0 Å². The normalized spacial score (nSPS) is 16.8. The van der Waals surface area contributed by atoms with Gasteiger partial charge in [-0.25, -0.2) is 9.37 Å². The summed E-state index contributed by atoms with van der Waals surface area (Å²) in [6, 6.07) is 17.5. The molecule has 2 aromatic carbocycles. The number of carbonyl (C=O) groups excluding carboxylic acids is 2. The quantitative estimate of drug-likeness (QED) is 0.0824. The monoisotopic (exact) mass is 591 g/mol. The molecule has 1 N–H and O–H groups in total. The number of pyridine rings is 1. The van der Waals surface area contributed by atoms with Gasteiger partial charge in [0.25, 0.3) is 5.78 Å². The van der Waals surface area contributed by atoms with E-state index in [-0.39, 0.29) is 22.3 Å². The van der Waals surface area contributed by atoms with Gasteiger partial charge >= 0.3 is 5.91 Å². The number of halogens is 2. The number of fused-ring (bicyclic) bond motifs is 1. The standard InChI is InChI=1S/C28H19ClFN5O3S2/c1-15-22(34-12-5-4-11-20(34)31-15)24(36)21-23(16-8-6-9-18(29)13-16)35(26(38)25(21)37)27-32-33-28(40-27)39-14-17-7-2-3-10-19(17)30/h2-13,23,36H,14H2,1H3/b24-21+. The lowest BCUT2D eigenvalue weighted by atomic mass is 9.96. The smallest absolute Gasteiger partial charge is 0.301 e. The van der Waals surface area contributed by atoms with E-state index in [0.717, 1.165) is 11.3 Å². The Morgan fingerprint density at radius 2 is 1.90 bits per heavy atom. The zero-order valence-corrected chi connectivity index (χ0v) is 23.2. The molecule has 8 nitrogen and oxygen atoms in total. The van der Waals surface area contributed by atoms with Crippen molar-refractivity contribution < 1.29 is 19.1 Å². The minimum absolute atomic E-state index is 0.114. The molecular formula is C28H19ClFN5O3S2. The summed E-state index contributed by atoms with van der Waals surface area (Å²) in [5.74, 6) is -2.11. The number of benzene rings is 2. The summed E-state index contributed by atoms with van der Waals surface area (Å²) < 4.78 is 16.2. The molecule has 4 heterocycles. The maximum absolute atomic E-state index is 14.1. The zero-order valence-electron chi connectivity index (χ0n) is 20.8. The van der Waals surface area contributed by atoms with E-state index in [0.29, 0.717) is 43.3 Å². The molecule has 1 unspecified atom stereocenters. The Hall–Kier alpha value is -4.06. The third kappa shape index (κ3) is 4.55. The first kappa shape index (κ1) is 26.2. The van der Waals surface area contributed by atoms with Crippen molar-refractivity contribution in [2.75, 3.05) is 4.90 Å². The molecule has 0 spiro atoms. The average Bonchev–Trinajstić information content (AvgIpc) is 3.61. The minimum Gasteiger partial charge on any atom is -0.505 e. The van der Waals surface area contributed by atoms with Gasteiger partial charge in [-0.2, -0.15) is 0 Å². The highest BCUT2D eigenvalue weighted by Gasteiger charge is 2.49. The summed E-state index contributed by atoms with van der Waals surface area (Å²) in [6.07, 6.45) is 1.72. The number of ketones is 1. The highest BCUT2D eigenvalue weighted by atomic mass is 35.5. The molecule has 1 fully saturated rings. The van der Waals surface area contributed by atoms with Gasteiger partial charge < -0.3 is 5.11 Å². The second-order valence-electron chi connectivity index (χ2n) is 8.93. The first-order chi connectivity index (χ1) is 19.3. The Balaban J connectivity index is 1.45. The predicted octanol–water partition coefficient (Wildman–Crippen LogP) is 6.21. The lowest BCUT2D eigenvalue weighted by Crippen LogP contribution is -2.29. The van der Waals surface area contributed by atoms with Crippen LogP contribution in [0.3, 0.4) is 0 Å². The number of hydrogen-bond acceptors (Lipinski definition) is 8. The van der Waals surface area contributed by atoms with Gasteiger partial charge in [0.2, 0.25) is 5.13 Å². The molecule has 3 aromatic heterocycles. The van der Waals surface area contributed by atoms with Crippen molar-refractivity contribution in [2.24, 2.45) is 0 Å². The van der Waals surface area contributed by atoms with Gasteiger partial charge in [-0.05, 0) is 48.4 Å². The molecule has 5 aromatic rings. The molecule has 1 atom stereocenters. The Bertz CT molecular complexity index is 1840. The minimum atomic E-state index is -1.02. The third-order valence-corrected chi connectivity index (χ3v) is 8.79. The van der Waals surface area contributed by atoms with Crippen LogP contribution in [0.2, 0.25) is 5.02 Å². The fourth-order valence-electron chi connectivity index (χ4n) is 4.66. The molecule has 40 heavy (non-hydrogen) atoms. The highest BCUT2D eigenvalue weighted by Crippen LogP contribution is 2.44. The van der Waals surface area contributed by atoms with E-state index in [1.165, 1.54) is 22.7 Å². The SMILES string of the molecule is Cc1nc2ccccn2c1/C(O)=C1\C(=O)C(=O)N(c2nnc(SCc3ccccc3F)s2)C1c1cccc(Cl)c1. The second kappa shape index (κ2) is 10.5. The Morgan fingerprint density at radius 3 is 2.70 bits per heavy atom. The van der Waals surface area contributed by atoms with Crippen molar-refractivity contribution >= 4 is 62.9 Å². The Morgan fingerprint density at radius 1 is 1.10 bits per heavy atom. The number of thioether (sulfide) groups is 1. The highest BCUT2D eigenvalue weighted by molar-refractivity contribution is 8.00. The number of aryl methyl sites for hydroxylation is 1. The average molecular weight is 592 g/mol. The van der Waals surface area contributed by atoms with Gasteiger partial charge in [-0.3, -0.25) is 18.9 Å². The number of carbonyl (C=O) groups is 2. The van der Waals surface area contributed by atoms with Crippen LogP contribution in [-0.2, 0) is 15.3 Å². The van der Waals surface area contributed by atoms with Gasteiger partial charge in [-0.1, -0.05) is 71.1 Å². The summed E-state index contributed by atoms with van der Waals surface area (Å²) in [7, 11) is 0. The predicted molar refractivity (Wildman–Crippen MR) is 152 cm³/mol. The van der Waals surface area contributed by atoms with Gasteiger partial charge in [0, 0.05) is 17.0 Å². The maximum Gasteiger partial charge on any atom is 0.301 e. The molecule has 0 bridgehead atoms. The number of aromatic nitrogens is 4. The van der Waals surface area contributed by atoms with Crippen molar-refractivity contribution in [3.8, 4) is 0 Å². The van der Waals surface area contributed by atoms with Crippen molar-refractivity contribution in [3.05, 3.63) is 112 Å². The number of Topliss-reactive ketones (excluding diaryl/α,β-unsaturated/α-hetero) is 1. The van der Waals surface area contributed by atoms with Crippen molar-refractivity contribution in [2.45, 2.75) is 23.1 Å². The van der Waals surface area contributed by atoms with E-state index < -0.39 is 17.7 Å². The van der Waals surface area contributed by atoms with Crippen molar-refractivity contribution in [1.29, 1.82) is 0 Å². The molecule has 200 valence electrons. The first-order valence-corrected chi connectivity index (χ1v) is 14.2. The van der Waals surface area contributed by atoms with Gasteiger partial charge in [0.15, 0.2) is 10.1 Å².